The lowest BCUT2D eigenvalue weighted by Gasteiger charge is -2.14. The summed E-state index contributed by atoms with van der Waals surface area (Å²) in [6, 6.07) is 8.75. The van der Waals surface area contributed by atoms with E-state index >= 15 is 0 Å². The lowest BCUT2D eigenvalue weighted by molar-refractivity contribution is -0.139. The number of Topliss-reactive ketones (excluding diaryl/α,β-unsaturated/α-hetero) is 1. The summed E-state index contributed by atoms with van der Waals surface area (Å²) in [5.74, 6) is -1.13. The predicted octanol–water partition coefficient (Wildman–Crippen LogP) is 1.82. The fraction of sp³-hybridized carbons (Fsp3) is 0.312. The standard InChI is InChI=1S/C16H15NO3/c18-14(11-6-2-1-3-7-11)10-17-15(19)12-8-4-5-9-13(12)16(17)20/h1-7,12-13H,8-10H2/t12-,13-/m1/s1. The molecule has 2 amide bonds. The van der Waals surface area contributed by atoms with E-state index in [1.54, 1.807) is 24.3 Å². The Kier molecular flexibility index (Phi) is 3.22. The van der Waals surface area contributed by atoms with Gasteiger partial charge in [-0.15, -0.1) is 0 Å². The zero-order valence-electron chi connectivity index (χ0n) is 11.0. The van der Waals surface area contributed by atoms with Gasteiger partial charge >= 0.3 is 0 Å². The van der Waals surface area contributed by atoms with Crippen molar-refractivity contribution < 1.29 is 14.4 Å². The number of benzene rings is 1. The predicted molar refractivity (Wildman–Crippen MR) is 72.8 cm³/mol. The van der Waals surface area contributed by atoms with Gasteiger partial charge in [-0.1, -0.05) is 42.5 Å². The van der Waals surface area contributed by atoms with E-state index in [1.807, 2.05) is 18.2 Å². The van der Waals surface area contributed by atoms with Crippen molar-refractivity contribution in [2.75, 3.05) is 6.54 Å². The number of likely N-dealkylation sites (tertiary alicyclic amines) is 1. The molecule has 1 aromatic rings. The Morgan fingerprint density at radius 2 is 1.55 bits per heavy atom. The number of imide groups is 1. The van der Waals surface area contributed by atoms with Gasteiger partial charge < -0.3 is 0 Å². The maximum absolute atomic E-state index is 12.2. The smallest absolute Gasteiger partial charge is 0.233 e. The van der Waals surface area contributed by atoms with Crippen LogP contribution in [0.25, 0.3) is 0 Å². The van der Waals surface area contributed by atoms with E-state index in [1.165, 1.54) is 0 Å². The van der Waals surface area contributed by atoms with Crippen molar-refractivity contribution in [1.82, 2.24) is 4.90 Å². The fourth-order valence-corrected chi connectivity index (χ4v) is 2.88. The molecule has 4 heteroatoms. The molecule has 102 valence electrons. The summed E-state index contributed by atoms with van der Waals surface area (Å²) in [6.07, 6.45) is 5.08. The molecule has 1 heterocycles. The number of allylic oxidation sites excluding steroid dienone is 2. The van der Waals surface area contributed by atoms with Crippen molar-refractivity contribution in [3.05, 3.63) is 48.0 Å². The first-order valence-electron chi connectivity index (χ1n) is 6.77. The Bertz CT molecular complexity index is 565. The highest BCUT2D eigenvalue weighted by Crippen LogP contribution is 2.34. The second kappa shape index (κ2) is 5.04. The molecule has 1 aromatic carbocycles. The molecule has 0 aromatic heterocycles. The van der Waals surface area contributed by atoms with Crippen LogP contribution in [0, 0.1) is 11.8 Å². The molecular formula is C16H15NO3. The van der Waals surface area contributed by atoms with Crippen LogP contribution in [0.4, 0.5) is 0 Å². The number of hydrogen-bond donors (Lipinski definition) is 0. The number of ketones is 1. The van der Waals surface area contributed by atoms with E-state index in [-0.39, 0.29) is 36.0 Å². The molecule has 0 radical (unpaired) electrons. The summed E-state index contributed by atoms with van der Waals surface area (Å²) in [4.78, 5) is 37.7. The van der Waals surface area contributed by atoms with E-state index in [0.29, 0.717) is 18.4 Å². The second-order valence-electron chi connectivity index (χ2n) is 5.21. The number of amides is 2. The summed E-state index contributed by atoms with van der Waals surface area (Å²) in [7, 11) is 0. The van der Waals surface area contributed by atoms with Crippen molar-refractivity contribution >= 4 is 17.6 Å². The second-order valence-corrected chi connectivity index (χ2v) is 5.21. The van der Waals surface area contributed by atoms with Crippen LogP contribution in [0.15, 0.2) is 42.5 Å². The Balaban J connectivity index is 1.77. The van der Waals surface area contributed by atoms with Crippen LogP contribution in [0.3, 0.4) is 0 Å². The van der Waals surface area contributed by atoms with E-state index in [2.05, 4.69) is 0 Å². The summed E-state index contributed by atoms with van der Waals surface area (Å²) in [6.45, 7) is -0.144. The average molecular weight is 269 g/mol. The molecule has 0 N–H and O–H groups in total. The average Bonchev–Trinajstić information content (AvgIpc) is 2.74. The maximum Gasteiger partial charge on any atom is 0.233 e. The molecule has 0 spiro atoms. The first-order chi connectivity index (χ1) is 9.68. The number of hydrogen-bond acceptors (Lipinski definition) is 3. The maximum atomic E-state index is 12.2. The molecule has 0 bridgehead atoms. The highest BCUT2D eigenvalue weighted by Gasteiger charge is 2.47. The van der Waals surface area contributed by atoms with Gasteiger partial charge in [-0.05, 0) is 12.8 Å². The highest BCUT2D eigenvalue weighted by molar-refractivity contribution is 6.10. The Hall–Kier alpha value is -2.23. The molecule has 1 saturated heterocycles. The minimum atomic E-state index is -0.268. The van der Waals surface area contributed by atoms with Crippen LogP contribution in [0.2, 0.25) is 0 Å². The van der Waals surface area contributed by atoms with E-state index in [4.69, 9.17) is 0 Å². The van der Waals surface area contributed by atoms with Gasteiger partial charge in [-0.25, -0.2) is 0 Å². The van der Waals surface area contributed by atoms with Gasteiger partial charge in [0.15, 0.2) is 5.78 Å². The van der Waals surface area contributed by atoms with E-state index in [9.17, 15) is 14.4 Å². The number of carbonyl (C=O) groups is 3. The van der Waals surface area contributed by atoms with Gasteiger partial charge in [0.25, 0.3) is 0 Å². The van der Waals surface area contributed by atoms with Gasteiger partial charge in [0, 0.05) is 5.56 Å². The summed E-state index contributed by atoms with van der Waals surface area (Å²) in [5, 5.41) is 0. The molecule has 1 aliphatic carbocycles. The Labute approximate surface area is 117 Å². The zero-order chi connectivity index (χ0) is 14.1. The van der Waals surface area contributed by atoms with Crippen LogP contribution in [-0.4, -0.2) is 29.0 Å². The van der Waals surface area contributed by atoms with Crippen molar-refractivity contribution in [2.45, 2.75) is 12.8 Å². The molecule has 1 aliphatic heterocycles. The normalized spacial score (nSPS) is 24.9. The molecule has 4 nitrogen and oxygen atoms in total. The largest absolute Gasteiger partial charge is 0.292 e. The summed E-state index contributed by atoms with van der Waals surface area (Å²) in [5.41, 5.74) is 0.529. The minimum Gasteiger partial charge on any atom is -0.292 e. The Morgan fingerprint density at radius 3 is 2.10 bits per heavy atom. The van der Waals surface area contributed by atoms with Crippen LogP contribution in [0.1, 0.15) is 23.2 Å². The zero-order valence-corrected chi connectivity index (χ0v) is 11.0. The molecule has 0 saturated carbocycles. The Morgan fingerprint density at radius 1 is 1.00 bits per heavy atom. The van der Waals surface area contributed by atoms with E-state index in [0.717, 1.165) is 4.90 Å². The summed E-state index contributed by atoms with van der Waals surface area (Å²) >= 11 is 0. The quantitative estimate of drug-likeness (QED) is 0.478. The van der Waals surface area contributed by atoms with Gasteiger partial charge in [0.1, 0.15) is 0 Å². The van der Waals surface area contributed by atoms with Crippen LogP contribution < -0.4 is 0 Å². The lowest BCUT2D eigenvalue weighted by atomic mass is 9.85. The monoisotopic (exact) mass is 269 g/mol. The van der Waals surface area contributed by atoms with Crippen LogP contribution >= 0.6 is 0 Å². The summed E-state index contributed by atoms with van der Waals surface area (Å²) < 4.78 is 0. The van der Waals surface area contributed by atoms with Crippen LogP contribution in [-0.2, 0) is 9.59 Å². The first kappa shape index (κ1) is 12.8. The van der Waals surface area contributed by atoms with Crippen molar-refractivity contribution in [1.29, 1.82) is 0 Å². The minimum absolute atomic E-state index is 0.144. The molecule has 2 atom stereocenters. The first-order valence-corrected chi connectivity index (χ1v) is 6.77. The number of rotatable bonds is 3. The molecule has 0 unspecified atom stereocenters. The van der Waals surface area contributed by atoms with Gasteiger partial charge in [-0.3, -0.25) is 19.3 Å². The number of nitrogens with zero attached hydrogens (tertiary/aromatic N) is 1. The third-order valence-corrected chi connectivity index (χ3v) is 4.00. The topological polar surface area (TPSA) is 54.5 Å². The van der Waals surface area contributed by atoms with Crippen molar-refractivity contribution in [2.24, 2.45) is 11.8 Å². The number of carbonyl (C=O) groups excluding carboxylic acids is 3. The van der Waals surface area contributed by atoms with Gasteiger partial charge in [0.05, 0.1) is 18.4 Å². The van der Waals surface area contributed by atoms with Crippen molar-refractivity contribution in [3.63, 3.8) is 0 Å². The van der Waals surface area contributed by atoms with E-state index < -0.39 is 0 Å². The molecule has 20 heavy (non-hydrogen) atoms. The fourth-order valence-electron chi connectivity index (χ4n) is 2.88. The van der Waals surface area contributed by atoms with Crippen LogP contribution in [0.5, 0.6) is 0 Å². The third-order valence-electron chi connectivity index (χ3n) is 4.00. The molecule has 1 fully saturated rings. The highest BCUT2D eigenvalue weighted by atomic mass is 16.2. The van der Waals surface area contributed by atoms with Gasteiger partial charge in [-0.2, -0.15) is 0 Å². The molecule has 3 rings (SSSR count). The lowest BCUT2D eigenvalue weighted by Crippen LogP contribution is -2.36. The molecular weight excluding hydrogens is 254 g/mol. The number of fused-ring (bicyclic) bond motifs is 1. The SMILES string of the molecule is O=C(CN1C(=O)[C@@H]2CC=CC[C@H]2C1=O)c1ccccc1. The molecule has 2 aliphatic rings. The third kappa shape index (κ3) is 2.07. The van der Waals surface area contributed by atoms with Crippen molar-refractivity contribution in [3.8, 4) is 0 Å². The van der Waals surface area contributed by atoms with Gasteiger partial charge in [0.2, 0.25) is 11.8 Å².